The third kappa shape index (κ3) is 4.65. The van der Waals surface area contributed by atoms with E-state index in [1.165, 1.54) is 0 Å². The number of benzene rings is 1. The van der Waals surface area contributed by atoms with Gasteiger partial charge in [0.1, 0.15) is 6.10 Å². The van der Waals surface area contributed by atoms with Gasteiger partial charge >= 0.3 is 0 Å². The van der Waals surface area contributed by atoms with Crippen LogP contribution in [-0.4, -0.2) is 40.5 Å². The van der Waals surface area contributed by atoms with Gasteiger partial charge in [0.25, 0.3) is 0 Å². The summed E-state index contributed by atoms with van der Waals surface area (Å²) in [5.41, 5.74) is 0.926. The zero-order valence-corrected chi connectivity index (χ0v) is 15.1. The molecule has 0 aliphatic carbocycles. The van der Waals surface area contributed by atoms with Crippen LogP contribution in [0.5, 0.6) is 5.88 Å². The van der Waals surface area contributed by atoms with Crippen molar-refractivity contribution in [3.05, 3.63) is 53.7 Å². The van der Waals surface area contributed by atoms with Crippen molar-refractivity contribution in [1.82, 2.24) is 9.88 Å². The fourth-order valence-electron chi connectivity index (χ4n) is 2.62. The molecule has 0 saturated carbocycles. The first-order chi connectivity index (χ1) is 11.7. The van der Waals surface area contributed by atoms with Crippen LogP contribution in [0, 0.1) is 0 Å². The lowest BCUT2D eigenvalue weighted by Gasteiger charge is -2.33. The molecule has 1 aliphatic heterocycles. The maximum Gasteiger partial charge on any atom is 0.213 e. The summed E-state index contributed by atoms with van der Waals surface area (Å²) in [5, 5.41) is 1.76. The van der Waals surface area contributed by atoms with E-state index in [0.717, 1.165) is 41.8 Å². The van der Waals surface area contributed by atoms with Crippen molar-refractivity contribution < 1.29 is 4.74 Å². The highest BCUT2D eigenvalue weighted by molar-refractivity contribution is 8.13. The zero-order valence-electron chi connectivity index (χ0n) is 13.6. The van der Waals surface area contributed by atoms with Crippen LogP contribution in [0.1, 0.15) is 12.8 Å². The number of aromatic nitrogens is 1. The minimum Gasteiger partial charge on any atom is -0.474 e. The summed E-state index contributed by atoms with van der Waals surface area (Å²) < 4.78 is 5.95. The number of pyridine rings is 1. The highest BCUT2D eigenvalue weighted by Crippen LogP contribution is 2.23. The van der Waals surface area contributed by atoms with Gasteiger partial charge in [-0.1, -0.05) is 29.4 Å². The molecule has 1 aliphatic rings. The zero-order chi connectivity index (χ0) is 16.8. The van der Waals surface area contributed by atoms with Crippen molar-refractivity contribution in [2.45, 2.75) is 18.9 Å². The predicted octanol–water partition coefficient (Wildman–Crippen LogP) is 4.63. The molecule has 4 nitrogen and oxygen atoms in total. The van der Waals surface area contributed by atoms with Gasteiger partial charge in [-0.3, -0.25) is 0 Å². The standard InChI is InChI=1S/C18H20ClN3OS/c1-24-18(21-15-7-5-14(19)6-8-15)22-12-9-16(10-13-22)23-17-4-2-3-11-20-17/h2-8,11,16H,9-10,12-13H2,1H3/b21-18-. The number of hydrogen-bond donors (Lipinski definition) is 0. The molecule has 0 atom stereocenters. The molecule has 0 bridgehead atoms. The van der Waals surface area contributed by atoms with Crippen LogP contribution in [-0.2, 0) is 0 Å². The van der Waals surface area contributed by atoms with Crippen molar-refractivity contribution >= 4 is 34.2 Å². The SMILES string of the molecule is CS/C(=N\c1ccc(Cl)cc1)N1CCC(Oc2ccccn2)CC1. The normalized spacial score (nSPS) is 16.2. The summed E-state index contributed by atoms with van der Waals surface area (Å²) in [7, 11) is 0. The molecule has 0 spiro atoms. The smallest absolute Gasteiger partial charge is 0.213 e. The number of likely N-dealkylation sites (tertiary alicyclic amines) is 1. The van der Waals surface area contributed by atoms with Crippen LogP contribution in [0.15, 0.2) is 53.7 Å². The lowest BCUT2D eigenvalue weighted by atomic mass is 10.1. The van der Waals surface area contributed by atoms with Gasteiger partial charge in [-0.05, 0) is 36.6 Å². The molecule has 6 heteroatoms. The first-order valence-electron chi connectivity index (χ1n) is 7.95. The van der Waals surface area contributed by atoms with Crippen LogP contribution in [0.25, 0.3) is 0 Å². The Balaban J connectivity index is 1.59. The van der Waals surface area contributed by atoms with E-state index < -0.39 is 0 Å². The van der Waals surface area contributed by atoms with Crippen LogP contribution in [0.4, 0.5) is 5.69 Å². The van der Waals surface area contributed by atoms with E-state index in [9.17, 15) is 0 Å². The quantitative estimate of drug-likeness (QED) is 0.590. The fraction of sp³-hybridized carbons (Fsp3) is 0.333. The van der Waals surface area contributed by atoms with Gasteiger partial charge in [-0.25, -0.2) is 9.98 Å². The lowest BCUT2D eigenvalue weighted by Crippen LogP contribution is -2.40. The fourth-order valence-corrected chi connectivity index (χ4v) is 3.39. The van der Waals surface area contributed by atoms with Crippen LogP contribution in [0.3, 0.4) is 0 Å². The molecule has 126 valence electrons. The lowest BCUT2D eigenvalue weighted by molar-refractivity contribution is 0.127. The van der Waals surface area contributed by atoms with Crippen molar-refractivity contribution in [2.75, 3.05) is 19.3 Å². The number of amidine groups is 1. The number of halogens is 1. The van der Waals surface area contributed by atoms with E-state index in [2.05, 4.69) is 16.1 Å². The molecular formula is C18H20ClN3OS. The van der Waals surface area contributed by atoms with E-state index in [0.29, 0.717) is 5.88 Å². The molecular weight excluding hydrogens is 342 g/mol. The number of hydrogen-bond acceptors (Lipinski definition) is 4. The van der Waals surface area contributed by atoms with Gasteiger partial charge in [0.2, 0.25) is 5.88 Å². The Labute approximate surface area is 151 Å². The minimum absolute atomic E-state index is 0.217. The summed E-state index contributed by atoms with van der Waals surface area (Å²) in [6, 6.07) is 13.4. The maximum atomic E-state index is 5.95. The number of aliphatic imine (C=N–C) groups is 1. The third-order valence-corrected chi connectivity index (χ3v) is 4.84. The number of nitrogens with zero attached hydrogens (tertiary/aromatic N) is 3. The highest BCUT2D eigenvalue weighted by Gasteiger charge is 2.22. The van der Waals surface area contributed by atoms with E-state index in [-0.39, 0.29) is 6.10 Å². The van der Waals surface area contributed by atoms with Crippen molar-refractivity contribution in [1.29, 1.82) is 0 Å². The number of thioether (sulfide) groups is 1. The number of ether oxygens (including phenoxy) is 1. The van der Waals surface area contributed by atoms with E-state index >= 15 is 0 Å². The predicted molar refractivity (Wildman–Crippen MR) is 102 cm³/mol. The van der Waals surface area contributed by atoms with Gasteiger partial charge in [-0.2, -0.15) is 0 Å². The minimum atomic E-state index is 0.217. The molecule has 0 unspecified atom stereocenters. The van der Waals surface area contributed by atoms with E-state index in [4.69, 9.17) is 21.3 Å². The molecule has 0 N–H and O–H groups in total. The molecule has 0 amide bonds. The molecule has 3 rings (SSSR count). The second-order valence-corrected chi connectivity index (χ2v) is 6.76. The Morgan fingerprint density at radius 1 is 1.21 bits per heavy atom. The Hall–Kier alpha value is -1.72. The van der Waals surface area contributed by atoms with Gasteiger partial charge in [0.15, 0.2) is 5.17 Å². The summed E-state index contributed by atoms with van der Waals surface area (Å²) in [4.78, 5) is 11.3. The topological polar surface area (TPSA) is 37.7 Å². The van der Waals surface area contributed by atoms with Gasteiger partial charge in [-0.15, -0.1) is 0 Å². The van der Waals surface area contributed by atoms with Gasteiger partial charge < -0.3 is 9.64 Å². The third-order valence-electron chi connectivity index (χ3n) is 3.87. The second-order valence-electron chi connectivity index (χ2n) is 5.55. The monoisotopic (exact) mass is 361 g/mol. The molecule has 1 aromatic heterocycles. The Morgan fingerprint density at radius 2 is 1.96 bits per heavy atom. The molecule has 1 saturated heterocycles. The number of piperidine rings is 1. The van der Waals surface area contributed by atoms with E-state index in [1.54, 1.807) is 18.0 Å². The van der Waals surface area contributed by atoms with Crippen LogP contribution >= 0.6 is 23.4 Å². The summed E-state index contributed by atoms with van der Waals surface area (Å²) in [5.74, 6) is 0.705. The molecule has 0 radical (unpaired) electrons. The summed E-state index contributed by atoms with van der Waals surface area (Å²) >= 11 is 7.60. The molecule has 1 aromatic carbocycles. The van der Waals surface area contributed by atoms with Crippen LogP contribution in [0.2, 0.25) is 5.02 Å². The first-order valence-corrected chi connectivity index (χ1v) is 9.56. The molecule has 2 heterocycles. The maximum absolute atomic E-state index is 5.95. The average molecular weight is 362 g/mol. The van der Waals surface area contributed by atoms with Crippen molar-refractivity contribution in [2.24, 2.45) is 4.99 Å². The Bertz CT molecular complexity index is 670. The summed E-state index contributed by atoms with van der Waals surface area (Å²) in [6.07, 6.45) is 5.98. The number of rotatable bonds is 3. The molecule has 1 fully saturated rings. The van der Waals surface area contributed by atoms with Gasteiger partial charge in [0.05, 0.1) is 5.69 Å². The molecule has 2 aromatic rings. The van der Waals surface area contributed by atoms with Gasteiger partial charge in [0, 0.05) is 43.2 Å². The van der Waals surface area contributed by atoms with Crippen molar-refractivity contribution in [3.63, 3.8) is 0 Å². The first kappa shape index (κ1) is 17.1. The van der Waals surface area contributed by atoms with Crippen LogP contribution < -0.4 is 4.74 Å². The van der Waals surface area contributed by atoms with Crippen molar-refractivity contribution in [3.8, 4) is 5.88 Å². The molecule has 24 heavy (non-hydrogen) atoms. The van der Waals surface area contributed by atoms with E-state index in [1.807, 2.05) is 42.5 Å². The Morgan fingerprint density at radius 3 is 2.58 bits per heavy atom. The Kier molecular flexibility index (Phi) is 5.99. The summed E-state index contributed by atoms with van der Waals surface area (Å²) in [6.45, 7) is 1.87. The second kappa shape index (κ2) is 8.40. The largest absolute Gasteiger partial charge is 0.474 e. The highest BCUT2D eigenvalue weighted by atomic mass is 35.5. The average Bonchev–Trinajstić information content (AvgIpc) is 2.63.